The van der Waals surface area contributed by atoms with E-state index >= 15 is 0 Å². The van der Waals surface area contributed by atoms with Gasteiger partial charge in [-0.1, -0.05) is 12.1 Å². The van der Waals surface area contributed by atoms with Gasteiger partial charge in [0.25, 0.3) is 0 Å². The molecule has 0 radical (unpaired) electrons. The van der Waals surface area contributed by atoms with E-state index in [2.05, 4.69) is 0 Å². The zero-order valence-corrected chi connectivity index (χ0v) is 16.6. The maximum absolute atomic E-state index is 13.5. The Hall–Kier alpha value is -3.23. The molecular formula is C22H21NO7. The number of hydrogen-bond donors (Lipinski definition) is 5. The average molecular weight is 411 g/mol. The van der Waals surface area contributed by atoms with Crippen LogP contribution in [0.1, 0.15) is 34.0 Å². The van der Waals surface area contributed by atoms with Crippen LogP contribution in [0, 0.1) is 19.8 Å². The summed E-state index contributed by atoms with van der Waals surface area (Å²) < 4.78 is 0. The monoisotopic (exact) mass is 411 g/mol. The third kappa shape index (κ3) is 2.20. The smallest absolute Gasteiger partial charge is 0.206 e. The first-order chi connectivity index (χ1) is 13.9. The predicted molar refractivity (Wildman–Crippen MR) is 107 cm³/mol. The first kappa shape index (κ1) is 20.1. The molecule has 0 aliphatic heterocycles. The molecule has 0 saturated heterocycles. The largest absolute Gasteiger partial charge is 0.508 e. The van der Waals surface area contributed by atoms with Crippen molar-refractivity contribution in [3.8, 4) is 11.5 Å². The highest BCUT2D eigenvalue weighted by Gasteiger charge is 2.60. The van der Waals surface area contributed by atoms with Crippen LogP contribution >= 0.6 is 0 Å². The van der Waals surface area contributed by atoms with Gasteiger partial charge in [0.2, 0.25) is 5.78 Å². The summed E-state index contributed by atoms with van der Waals surface area (Å²) >= 11 is 0. The lowest BCUT2D eigenvalue weighted by molar-refractivity contribution is -0.127. The molecule has 0 bridgehead atoms. The van der Waals surface area contributed by atoms with E-state index in [0.29, 0.717) is 22.1 Å². The number of Topliss-reactive ketones (excluding diaryl/α,β-unsaturated/α-hetero) is 3. The molecule has 8 nitrogen and oxygen atoms in total. The van der Waals surface area contributed by atoms with E-state index in [1.54, 1.807) is 26.0 Å². The molecule has 2 aliphatic carbocycles. The maximum Gasteiger partial charge on any atom is 0.206 e. The van der Waals surface area contributed by atoms with Crippen LogP contribution < -0.4 is 5.73 Å². The second kappa shape index (κ2) is 6.13. The van der Waals surface area contributed by atoms with Crippen LogP contribution in [-0.2, 0) is 16.0 Å². The lowest BCUT2D eigenvalue weighted by Gasteiger charge is -2.45. The molecule has 0 spiro atoms. The molecule has 4 rings (SSSR count). The quantitative estimate of drug-likeness (QED) is 0.439. The van der Waals surface area contributed by atoms with Crippen LogP contribution in [-0.4, -0.2) is 49.4 Å². The van der Waals surface area contributed by atoms with E-state index in [9.17, 15) is 34.8 Å². The molecule has 0 saturated carbocycles. The third-order valence-electron chi connectivity index (χ3n) is 6.48. The van der Waals surface area contributed by atoms with Crippen molar-refractivity contribution in [2.24, 2.45) is 11.7 Å². The van der Waals surface area contributed by atoms with Gasteiger partial charge < -0.3 is 26.2 Å². The van der Waals surface area contributed by atoms with Gasteiger partial charge in [0.05, 0.1) is 17.0 Å². The molecule has 156 valence electrons. The minimum Gasteiger partial charge on any atom is -0.508 e. The lowest BCUT2D eigenvalue weighted by atomic mass is 9.61. The molecule has 0 aromatic heterocycles. The summed E-state index contributed by atoms with van der Waals surface area (Å²) in [6.45, 7) is 4.35. The fourth-order valence-electron chi connectivity index (χ4n) is 4.76. The summed E-state index contributed by atoms with van der Waals surface area (Å²) in [6.07, 6.45) is -0.0936. The second-order valence-electron chi connectivity index (χ2n) is 8.06. The molecule has 0 amide bonds. The van der Waals surface area contributed by atoms with E-state index in [0.717, 1.165) is 6.92 Å². The number of aliphatic hydroxyl groups excluding tert-OH is 1. The molecule has 3 atom stereocenters. The van der Waals surface area contributed by atoms with Gasteiger partial charge in [-0.2, -0.15) is 0 Å². The van der Waals surface area contributed by atoms with E-state index in [1.807, 2.05) is 0 Å². The molecule has 6 N–H and O–H groups in total. The van der Waals surface area contributed by atoms with Crippen molar-refractivity contribution in [1.29, 1.82) is 0 Å². The molecule has 0 fully saturated rings. The number of aliphatic hydroxyl groups is 2. The van der Waals surface area contributed by atoms with Crippen molar-refractivity contribution in [3.63, 3.8) is 0 Å². The van der Waals surface area contributed by atoms with Crippen LogP contribution in [0.15, 0.2) is 23.5 Å². The van der Waals surface area contributed by atoms with Gasteiger partial charge >= 0.3 is 0 Å². The number of benzene rings is 2. The number of aryl methyl sites for hydroxylation is 2. The normalized spacial score (nSPS) is 26.0. The van der Waals surface area contributed by atoms with Crippen LogP contribution in [0.3, 0.4) is 0 Å². The molecular weight excluding hydrogens is 390 g/mol. The number of carbonyl (C=O) groups is 3. The fraction of sp³-hybridized carbons (Fsp3) is 0.318. The zero-order valence-electron chi connectivity index (χ0n) is 16.6. The highest BCUT2D eigenvalue weighted by atomic mass is 16.3. The maximum atomic E-state index is 13.5. The summed E-state index contributed by atoms with van der Waals surface area (Å²) in [5.41, 5.74) is 3.80. The Balaban J connectivity index is 2.11. The molecule has 1 unspecified atom stereocenters. The third-order valence-corrected chi connectivity index (χ3v) is 6.48. The summed E-state index contributed by atoms with van der Waals surface area (Å²) in [6, 6.07) is 1.97. The first-order valence-electron chi connectivity index (χ1n) is 9.42. The Labute approximate surface area is 171 Å². The minimum absolute atomic E-state index is 0.0492. The van der Waals surface area contributed by atoms with Crippen molar-refractivity contribution >= 4 is 28.1 Å². The van der Waals surface area contributed by atoms with Crippen LogP contribution in [0.5, 0.6) is 11.5 Å². The number of rotatable bonds is 1. The topological polar surface area (TPSA) is 158 Å². The predicted octanol–water partition coefficient (Wildman–Crippen LogP) is 1.27. The number of fused-ring (bicyclic) bond motifs is 3. The SMILES string of the molecule is CC(=O)C1=C(O)[C@@]2(O)C(=O)c3c(c(C)c4ccc(C)c(O)c4c3O)CC2[C@@H](N)C1=O. The summed E-state index contributed by atoms with van der Waals surface area (Å²) in [5.74, 6) is -5.76. The van der Waals surface area contributed by atoms with E-state index in [1.165, 1.54) is 0 Å². The van der Waals surface area contributed by atoms with Gasteiger partial charge in [-0.15, -0.1) is 0 Å². The van der Waals surface area contributed by atoms with Gasteiger partial charge in [0.1, 0.15) is 22.8 Å². The Morgan fingerprint density at radius 3 is 2.37 bits per heavy atom. The highest BCUT2D eigenvalue weighted by Crippen LogP contribution is 2.50. The van der Waals surface area contributed by atoms with Crippen LogP contribution in [0.2, 0.25) is 0 Å². The minimum atomic E-state index is -2.64. The fourth-order valence-corrected chi connectivity index (χ4v) is 4.76. The van der Waals surface area contributed by atoms with Gasteiger partial charge in [0.15, 0.2) is 17.2 Å². The number of nitrogens with two attached hydrogens (primary N) is 1. The Bertz CT molecular complexity index is 1230. The van der Waals surface area contributed by atoms with Gasteiger partial charge in [-0.25, -0.2) is 0 Å². The van der Waals surface area contributed by atoms with Crippen molar-refractivity contribution in [2.45, 2.75) is 38.8 Å². The van der Waals surface area contributed by atoms with Gasteiger partial charge in [-0.05, 0) is 49.3 Å². The van der Waals surface area contributed by atoms with E-state index in [4.69, 9.17) is 5.73 Å². The number of ketones is 3. The lowest BCUT2D eigenvalue weighted by Crippen LogP contribution is -2.63. The molecule has 30 heavy (non-hydrogen) atoms. The van der Waals surface area contributed by atoms with Crippen LogP contribution in [0.25, 0.3) is 10.8 Å². The Morgan fingerprint density at radius 1 is 1.13 bits per heavy atom. The Morgan fingerprint density at radius 2 is 1.77 bits per heavy atom. The number of aromatic hydroxyl groups is 2. The van der Waals surface area contributed by atoms with Crippen molar-refractivity contribution in [3.05, 3.63) is 45.7 Å². The van der Waals surface area contributed by atoms with Crippen molar-refractivity contribution < 1.29 is 34.8 Å². The van der Waals surface area contributed by atoms with E-state index in [-0.39, 0.29) is 23.1 Å². The first-order valence-corrected chi connectivity index (χ1v) is 9.42. The Kier molecular flexibility index (Phi) is 4.10. The second-order valence-corrected chi connectivity index (χ2v) is 8.06. The number of phenolic OH excluding ortho intramolecular Hbond substituents is 2. The zero-order chi connectivity index (χ0) is 22.3. The standard InChI is InChI=1S/C22H21NO7/c1-7-4-5-10-8(2)11-6-12-16(23)19(27)13(9(3)24)20(28)22(12,30)21(29)15(11)18(26)14(10)17(7)25/h4-5,12,16,25-26,28,30H,6,23H2,1-3H3/t12?,16-,22-/m1/s1. The summed E-state index contributed by atoms with van der Waals surface area (Å²) in [5, 5.41) is 43.9. The summed E-state index contributed by atoms with van der Waals surface area (Å²) in [7, 11) is 0. The molecule has 0 heterocycles. The highest BCUT2D eigenvalue weighted by molar-refractivity contribution is 6.25. The molecule has 8 heteroatoms. The number of hydrogen-bond acceptors (Lipinski definition) is 8. The van der Waals surface area contributed by atoms with E-state index < -0.39 is 52.0 Å². The number of phenols is 2. The molecule has 2 aromatic rings. The van der Waals surface area contributed by atoms with Crippen molar-refractivity contribution in [2.75, 3.05) is 0 Å². The van der Waals surface area contributed by atoms with Gasteiger partial charge in [-0.3, -0.25) is 14.4 Å². The summed E-state index contributed by atoms with van der Waals surface area (Å²) in [4.78, 5) is 37.9. The number of carbonyl (C=O) groups excluding carboxylic acids is 3. The van der Waals surface area contributed by atoms with Crippen LogP contribution in [0.4, 0.5) is 0 Å². The van der Waals surface area contributed by atoms with Crippen molar-refractivity contribution in [1.82, 2.24) is 0 Å². The average Bonchev–Trinajstić information content (AvgIpc) is 2.68. The van der Waals surface area contributed by atoms with Gasteiger partial charge in [0, 0.05) is 5.92 Å². The molecule has 2 aliphatic rings. The molecule has 2 aromatic carbocycles.